The summed E-state index contributed by atoms with van der Waals surface area (Å²) in [5.74, 6) is -1.41. The van der Waals surface area contributed by atoms with Gasteiger partial charge in [-0.1, -0.05) is 13.8 Å². The predicted octanol–water partition coefficient (Wildman–Crippen LogP) is 2.98. The lowest BCUT2D eigenvalue weighted by Gasteiger charge is -2.17. The Morgan fingerprint density at radius 1 is 1.25 bits per heavy atom. The summed E-state index contributed by atoms with van der Waals surface area (Å²) in [4.78, 5) is 0. The van der Waals surface area contributed by atoms with Gasteiger partial charge < -0.3 is 10.4 Å². The van der Waals surface area contributed by atoms with Crippen LogP contribution in [0.2, 0.25) is 0 Å². The van der Waals surface area contributed by atoms with Crippen molar-refractivity contribution in [1.29, 1.82) is 0 Å². The molecule has 0 aliphatic heterocycles. The quantitative estimate of drug-likeness (QED) is 0.832. The molecule has 2 N–H and O–H groups in total. The van der Waals surface area contributed by atoms with Crippen LogP contribution in [0.1, 0.15) is 32.4 Å². The molecule has 0 spiro atoms. The highest BCUT2D eigenvalue weighted by molar-refractivity contribution is 5.36. The Kier molecular flexibility index (Phi) is 4.24. The maximum atomic E-state index is 13.4. The smallest absolute Gasteiger partial charge is 0.134 e. The lowest BCUT2D eigenvalue weighted by atomic mass is 10.1. The highest BCUT2D eigenvalue weighted by Gasteiger charge is 2.16. The third-order valence-electron chi connectivity index (χ3n) is 2.34. The van der Waals surface area contributed by atoms with Crippen molar-refractivity contribution < 1.29 is 13.9 Å². The minimum Gasteiger partial charge on any atom is -0.507 e. The van der Waals surface area contributed by atoms with Gasteiger partial charge in [0.1, 0.15) is 17.4 Å². The van der Waals surface area contributed by atoms with Crippen LogP contribution >= 0.6 is 0 Å². The molecule has 0 aliphatic rings. The van der Waals surface area contributed by atoms with E-state index in [1.54, 1.807) is 6.92 Å². The van der Waals surface area contributed by atoms with Gasteiger partial charge in [-0.05, 0) is 19.4 Å². The third kappa shape index (κ3) is 3.17. The van der Waals surface area contributed by atoms with Gasteiger partial charge in [-0.15, -0.1) is 0 Å². The molecule has 2 nitrogen and oxygen atoms in total. The summed E-state index contributed by atoms with van der Waals surface area (Å²) >= 11 is 0. The number of aromatic hydroxyl groups is 1. The second-order valence-electron chi connectivity index (χ2n) is 4.34. The fourth-order valence-corrected chi connectivity index (χ4v) is 1.51. The van der Waals surface area contributed by atoms with E-state index in [1.165, 1.54) is 0 Å². The molecule has 0 bridgehead atoms. The highest BCUT2D eigenvalue weighted by Crippen LogP contribution is 2.28. The first kappa shape index (κ1) is 12.9. The molecule has 1 aromatic rings. The normalized spacial score (nSPS) is 13.1. The van der Waals surface area contributed by atoms with Gasteiger partial charge >= 0.3 is 0 Å². The van der Waals surface area contributed by atoms with Crippen LogP contribution in [0.15, 0.2) is 12.1 Å². The van der Waals surface area contributed by atoms with Crippen LogP contribution < -0.4 is 5.32 Å². The molecule has 0 aromatic heterocycles. The molecule has 0 amide bonds. The first-order valence-electron chi connectivity index (χ1n) is 5.33. The van der Waals surface area contributed by atoms with E-state index in [9.17, 15) is 13.9 Å². The molecule has 1 atom stereocenters. The Morgan fingerprint density at radius 2 is 1.88 bits per heavy atom. The molecular formula is C12H17F2NO. The van der Waals surface area contributed by atoms with Gasteiger partial charge in [0.25, 0.3) is 0 Å². The molecule has 0 heterocycles. The summed E-state index contributed by atoms with van der Waals surface area (Å²) < 4.78 is 26.2. The SMILES string of the molecule is CC(C)CNC(C)c1c(O)cc(F)cc1F. The first-order valence-corrected chi connectivity index (χ1v) is 5.33. The van der Waals surface area contributed by atoms with Gasteiger partial charge in [0, 0.05) is 23.7 Å². The summed E-state index contributed by atoms with van der Waals surface area (Å²) in [7, 11) is 0. The van der Waals surface area contributed by atoms with E-state index in [2.05, 4.69) is 5.32 Å². The molecule has 0 saturated heterocycles. The molecule has 90 valence electrons. The zero-order chi connectivity index (χ0) is 12.3. The maximum absolute atomic E-state index is 13.4. The van der Waals surface area contributed by atoms with Gasteiger partial charge in [-0.2, -0.15) is 0 Å². The molecule has 0 aliphatic carbocycles. The van der Waals surface area contributed by atoms with Crippen molar-refractivity contribution in [2.24, 2.45) is 5.92 Å². The summed E-state index contributed by atoms with van der Waals surface area (Å²) in [6, 6.07) is 1.36. The van der Waals surface area contributed by atoms with Crippen LogP contribution in [0, 0.1) is 17.6 Å². The van der Waals surface area contributed by atoms with Crippen molar-refractivity contribution in [2.45, 2.75) is 26.8 Å². The monoisotopic (exact) mass is 229 g/mol. The second-order valence-corrected chi connectivity index (χ2v) is 4.34. The number of rotatable bonds is 4. The third-order valence-corrected chi connectivity index (χ3v) is 2.34. The Balaban J connectivity index is 2.86. The number of hydrogen-bond donors (Lipinski definition) is 2. The lowest BCUT2D eigenvalue weighted by molar-refractivity contribution is 0.420. The van der Waals surface area contributed by atoms with Crippen LogP contribution in [0.3, 0.4) is 0 Å². The summed E-state index contributed by atoms with van der Waals surface area (Å²) in [6.45, 7) is 6.50. The van der Waals surface area contributed by atoms with Crippen molar-refractivity contribution in [3.8, 4) is 5.75 Å². The van der Waals surface area contributed by atoms with Crippen molar-refractivity contribution in [3.63, 3.8) is 0 Å². The summed E-state index contributed by atoms with van der Waals surface area (Å²) in [5.41, 5.74) is 0.113. The Bertz CT molecular complexity index is 343. The van der Waals surface area contributed by atoms with E-state index in [0.29, 0.717) is 12.5 Å². The van der Waals surface area contributed by atoms with Crippen LogP contribution in [0.25, 0.3) is 0 Å². The van der Waals surface area contributed by atoms with Gasteiger partial charge in [0.05, 0.1) is 0 Å². The first-order chi connectivity index (χ1) is 7.41. The largest absolute Gasteiger partial charge is 0.507 e. The Morgan fingerprint density at radius 3 is 2.38 bits per heavy atom. The molecule has 0 radical (unpaired) electrons. The minimum atomic E-state index is -0.769. The van der Waals surface area contributed by atoms with Crippen LogP contribution in [0.4, 0.5) is 8.78 Å². The fourth-order valence-electron chi connectivity index (χ4n) is 1.51. The molecule has 0 fully saturated rings. The highest BCUT2D eigenvalue weighted by atomic mass is 19.1. The van der Waals surface area contributed by atoms with E-state index < -0.39 is 11.6 Å². The number of halogens is 2. The molecule has 16 heavy (non-hydrogen) atoms. The fraction of sp³-hybridized carbons (Fsp3) is 0.500. The zero-order valence-corrected chi connectivity index (χ0v) is 9.72. The lowest BCUT2D eigenvalue weighted by Crippen LogP contribution is -2.24. The van der Waals surface area contributed by atoms with Crippen LogP contribution in [-0.2, 0) is 0 Å². The molecule has 1 unspecified atom stereocenters. The zero-order valence-electron chi connectivity index (χ0n) is 9.72. The summed E-state index contributed by atoms with van der Waals surface area (Å²) in [6.07, 6.45) is 0. The predicted molar refractivity (Wildman–Crippen MR) is 59.3 cm³/mol. The number of benzene rings is 1. The van der Waals surface area contributed by atoms with Crippen molar-refractivity contribution in [1.82, 2.24) is 5.32 Å². The van der Waals surface area contributed by atoms with Gasteiger partial charge in [-0.25, -0.2) is 8.78 Å². The topological polar surface area (TPSA) is 32.3 Å². The van der Waals surface area contributed by atoms with Gasteiger partial charge in [0.2, 0.25) is 0 Å². The van der Waals surface area contributed by atoms with Gasteiger partial charge in [-0.3, -0.25) is 0 Å². The van der Waals surface area contributed by atoms with E-state index >= 15 is 0 Å². The molecule has 0 saturated carbocycles. The Hall–Kier alpha value is -1.16. The average Bonchev–Trinajstić information content (AvgIpc) is 2.12. The molecule has 4 heteroatoms. The number of phenols is 1. The van der Waals surface area contributed by atoms with E-state index in [4.69, 9.17) is 0 Å². The second kappa shape index (κ2) is 5.25. The van der Waals surface area contributed by atoms with E-state index in [-0.39, 0.29) is 17.4 Å². The average molecular weight is 229 g/mol. The van der Waals surface area contributed by atoms with Crippen LogP contribution in [-0.4, -0.2) is 11.7 Å². The standard InChI is InChI=1S/C12H17F2NO/c1-7(2)6-15-8(3)12-10(14)4-9(13)5-11(12)16/h4-5,7-8,15-16H,6H2,1-3H3. The minimum absolute atomic E-state index is 0.113. The maximum Gasteiger partial charge on any atom is 0.134 e. The van der Waals surface area contributed by atoms with Crippen molar-refractivity contribution >= 4 is 0 Å². The molecular weight excluding hydrogens is 212 g/mol. The Labute approximate surface area is 94.3 Å². The van der Waals surface area contributed by atoms with Crippen LogP contribution in [0.5, 0.6) is 5.75 Å². The van der Waals surface area contributed by atoms with E-state index in [1.807, 2.05) is 13.8 Å². The van der Waals surface area contributed by atoms with E-state index in [0.717, 1.165) is 12.1 Å². The van der Waals surface area contributed by atoms with Crippen molar-refractivity contribution in [2.75, 3.05) is 6.54 Å². The van der Waals surface area contributed by atoms with Crippen molar-refractivity contribution in [3.05, 3.63) is 29.3 Å². The number of hydrogen-bond acceptors (Lipinski definition) is 2. The number of phenolic OH excluding ortho intramolecular Hbond substituents is 1. The molecule has 1 rings (SSSR count). The molecule has 1 aromatic carbocycles. The summed E-state index contributed by atoms with van der Waals surface area (Å²) in [5, 5.41) is 12.6. The number of nitrogens with one attached hydrogen (secondary N) is 1. The van der Waals surface area contributed by atoms with Gasteiger partial charge in [0.15, 0.2) is 0 Å².